The van der Waals surface area contributed by atoms with Gasteiger partial charge in [0.25, 0.3) is 5.56 Å². The maximum atomic E-state index is 10.8. The zero-order valence-corrected chi connectivity index (χ0v) is 7.09. The van der Waals surface area contributed by atoms with Crippen molar-refractivity contribution in [2.24, 2.45) is 0 Å². The van der Waals surface area contributed by atoms with Gasteiger partial charge in [-0.1, -0.05) is 19.8 Å². The van der Waals surface area contributed by atoms with Gasteiger partial charge in [-0.2, -0.15) is 0 Å². The molecule has 0 atom stereocenters. The number of H-pyrrole nitrogens is 1. The van der Waals surface area contributed by atoms with Gasteiger partial charge < -0.3 is 4.98 Å². The minimum atomic E-state index is -0.257. The first-order chi connectivity index (χ1) is 5.65. The van der Waals surface area contributed by atoms with Gasteiger partial charge in [0.05, 0.1) is 11.9 Å². The topological polar surface area (TPSA) is 45.8 Å². The van der Waals surface area contributed by atoms with E-state index in [1.54, 1.807) is 0 Å². The Labute approximate surface area is 70.9 Å². The first-order valence-corrected chi connectivity index (χ1v) is 3.71. The average molecular weight is 162 g/mol. The highest BCUT2D eigenvalue weighted by Gasteiger charge is 2.06. The van der Waals surface area contributed by atoms with Crippen LogP contribution in [0.5, 0.6) is 0 Å². The van der Waals surface area contributed by atoms with Crippen LogP contribution in [0.1, 0.15) is 31.2 Å². The lowest BCUT2D eigenvalue weighted by molar-refractivity contribution is 0.801. The molecule has 0 aliphatic carbocycles. The van der Waals surface area contributed by atoms with Crippen molar-refractivity contribution >= 4 is 0 Å². The van der Waals surface area contributed by atoms with Crippen LogP contribution >= 0.6 is 0 Å². The molecule has 12 heavy (non-hydrogen) atoms. The molecule has 0 aliphatic rings. The molecule has 0 unspecified atom stereocenters. The third-order valence-electron chi connectivity index (χ3n) is 1.52. The molecule has 0 spiro atoms. The molecule has 0 amide bonds. The summed E-state index contributed by atoms with van der Waals surface area (Å²) in [5.41, 5.74) is 0.988. The van der Waals surface area contributed by atoms with E-state index in [2.05, 4.69) is 15.9 Å². The van der Waals surface area contributed by atoms with Crippen LogP contribution in [0.25, 0.3) is 0 Å². The number of rotatable bonds is 1. The highest BCUT2D eigenvalue weighted by Crippen LogP contribution is 2.11. The molecule has 3 heteroatoms. The number of aromatic nitrogens is 2. The first-order valence-electron chi connectivity index (χ1n) is 3.71. The Balaban J connectivity index is 3.32. The Bertz CT molecular complexity index is 371. The van der Waals surface area contributed by atoms with E-state index in [0.717, 1.165) is 5.69 Å². The van der Waals surface area contributed by atoms with Gasteiger partial charge in [0, 0.05) is 0 Å². The second-order valence-corrected chi connectivity index (χ2v) is 2.81. The molecule has 0 radical (unpaired) electrons. The van der Waals surface area contributed by atoms with Crippen molar-refractivity contribution in [2.45, 2.75) is 19.8 Å². The fourth-order valence-electron chi connectivity index (χ4n) is 0.960. The van der Waals surface area contributed by atoms with Crippen LogP contribution in [0.2, 0.25) is 0 Å². The summed E-state index contributed by atoms with van der Waals surface area (Å²) < 4.78 is 0. The van der Waals surface area contributed by atoms with E-state index in [-0.39, 0.29) is 11.5 Å². The largest absolute Gasteiger partial charge is 0.313 e. The monoisotopic (exact) mass is 162 g/mol. The highest BCUT2D eigenvalue weighted by atomic mass is 16.1. The van der Waals surface area contributed by atoms with Gasteiger partial charge in [0.1, 0.15) is 5.69 Å². The summed E-state index contributed by atoms with van der Waals surface area (Å²) in [6.45, 7) is 3.95. The second kappa shape index (κ2) is 3.22. The van der Waals surface area contributed by atoms with Crippen molar-refractivity contribution < 1.29 is 0 Å². The third-order valence-corrected chi connectivity index (χ3v) is 1.52. The molecule has 1 N–H and O–H groups in total. The summed E-state index contributed by atoms with van der Waals surface area (Å²) in [4.78, 5) is 17.3. The van der Waals surface area contributed by atoms with Crippen molar-refractivity contribution in [3.05, 3.63) is 27.9 Å². The lowest BCUT2D eigenvalue weighted by Gasteiger charge is -2.04. The molecule has 0 saturated heterocycles. The third kappa shape index (κ3) is 1.54. The quantitative estimate of drug-likeness (QED) is 0.623. The van der Waals surface area contributed by atoms with Crippen molar-refractivity contribution in [1.82, 2.24) is 9.97 Å². The number of aromatic amines is 1. The Morgan fingerprint density at radius 3 is 2.83 bits per heavy atom. The van der Waals surface area contributed by atoms with E-state index in [4.69, 9.17) is 6.42 Å². The maximum Gasteiger partial charge on any atom is 0.267 e. The van der Waals surface area contributed by atoms with Gasteiger partial charge in [-0.3, -0.25) is 9.78 Å². The summed E-state index contributed by atoms with van der Waals surface area (Å²) in [5, 5.41) is 0. The molecule has 0 aliphatic heterocycles. The molecule has 62 valence electrons. The van der Waals surface area contributed by atoms with E-state index >= 15 is 0 Å². The molecule has 0 bridgehead atoms. The minimum Gasteiger partial charge on any atom is -0.313 e. The van der Waals surface area contributed by atoms with Crippen LogP contribution in [0.3, 0.4) is 0 Å². The Hall–Kier alpha value is -1.56. The SMILES string of the molecule is C#Cc1[nH]c(=O)cnc1C(C)C. The average Bonchev–Trinajstić information content (AvgIpc) is 2.03. The molecule has 1 heterocycles. The van der Waals surface area contributed by atoms with Crippen molar-refractivity contribution in [2.75, 3.05) is 0 Å². The van der Waals surface area contributed by atoms with Crippen molar-refractivity contribution in [1.29, 1.82) is 0 Å². The summed E-state index contributed by atoms with van der Waals surface area (Å²) >= 11 is 0. The summed E-state index contributed by atoms with van der Waals surface area (Å²) in [7, 11) is 0. The van der Waals surface area contributed by atoms with Gasteiger partial charge in [0.2, 0.25) is 0 Å². The molecular formula is C9H10N2O. The summed E-state index contributed by atoms with van der Waals surface area (Å²) in [6.07, 6.45) is 6.44. The van der Waals surface area contributed by atoms with E-state index in [0.29, 0.717) is 5.69 Å². The van der Waals surface area contributed by atoms with Crippen LogP contribution in [0.4, 0.5) is 0 Å². The summed E-state index contributed by atoms with van der Waals surface area (Å²) in [5.74, 6) is 2.63. The van der Waals surface area contributed by atoms with E-state index in [9.17, 15) is 4.79 Å². The lowest BCUT2D eigenvalue weighted by Crippen LogP contribution is -2.11. The predicted octanol–water partition coefficient (Wildman–Crippen LogP) is 0.875. The van der Waals surface area contributed by atoms with Gasteiger partial charge in [0.15, 0.2) is 0 Å². The van der Waals surface area contributed by atoms with Gasteiger partial charge in [-0.15, -0.1) is 6.42 Å². The fourth-order valence-corrected chi connectivity index (χ4v) is 0.960. The maximum absolute atomic E-state index is 10.8. The number of nitrogens with zero attached hydrogens (tertiary/aromatic N) is 1. The normalized spacial score (nSPS) is 9.83. The molecule has 1 aromatic rings. The Morgan fingerprint density at radius 1 is 1.67 bits per heavy atom. The molecule has 1 aromatic heterocycles. The Kier molecular flexibility index (Phi) is 2.29. The van der Waals surface area contributed by atoms with Crippen molar-refractivity contribution in [3.63, 3.8) is 0 Å². The standard InChI is InChI=1S/C9H10N2O/c1-4-7-9(6(2)3)10-5-8(12)11-7/h1,5-6H,2-3H3,(H,11,12). The van der Waals surface area contributed by atoms with Crippen LogP contribution in [0.15, 0.2) is 11.0 Å². The Morgan fingerprint density at radius 2 is 2.33 bits per heavy atom. The second-order valence-electron chi connectivity index (χ2n) is 2.81. The highest BCUT2D eigenvalue weighted by molar-refractivity contribution is 5.30. The van der Waals surface area contributed by atoms with Gasteiger partial charge >= 0.3 is 0 Å². The van der Waals surface area contributed by atoms with E-state index < -0.39 is 0 Å². The van der Waals surface area contributed by atoms with Crippen LogP contribution in [0, 0.1) is 12.3 Å². The molecule has 0 aromatic carbocycles. The molecule has 3 nitrogen and oxygen atoms in total. The van der Waals surface area contributed by atoms with E-state index in [1.807, 2.05) is 13.8 Å². The molecular weight excluding hydrogens is 152 g/mol. The van der Waals surface area contributed by atoms with Gasteiger partial charge in [-0.05, 0) is 5.92 Å². The molecule has 0 fully saturated rings. The number of hydrogen-bond donors (Lipinski definition) is 1. The number of hydrogen-bond acceptors (Lipinski definition) is 2. The summed E-state index contributed by atoms with van der Waals surface area (Å²) in [6, 6.07) is 0. The zero-order chi connectivity index (χ0) is 9.14. The van der Waals surface area contributed by atoms with E-state index in [1.165, 1.54) is 6.20 Å². The van der Waals surface area contributed by atoms with Crippen LogP contribution < -0.4 is 5.56 Å². The molecule has 0 saturated carbocycles. The predicted molar refractivity (Wildman–Crippen MR) is 46.9 cm³/mol. The van der Waals surface area contributed by atoms with Gasteiger partial charge in [-0.25, -0.2) is 0 Å². The smallest absolute Gasteiger partial charge is 0.267 e. The lowest BCUT2D eigenvalue weighted by atomic mass is 10.1. The minimum absolute atomic E-state index is 0.230. The number of nitrogens with one attached hydrogen (secondary N) is 1. The fraction of sp³-hybridized carbons (Fsp3) is 0.333. The van der Waals surface area contributed by atoms with Crippen LogP contribution in [-0.2, 0) is 0 Å². The van der Waals surface area contributed by atoms with Crippen LogP contribution in [-0.4, -0.2) is 9.97 Å². The molecule has 1 rings (SSSR count). The first kappa shape index (κ1) is 8.54. The van der Waals surface area contributed by atoms with Crippen molar-refractivity contribution in [3.8, 4) is 12.3 Å². The zero-order valence-electron chi connectivity index (χ0n) is 7.09. The number of terminal acetylenes is 1.